The van der Waals surface area contributed by atoms with Crippen molar-refractivity contribution in [2.24, 2.45) is 4.99 Å². The second-order valence-electron chi connectivity index (χ2n) is 10.4. The van der Waals surface area contributed by atoms with Gasteiger partial charge in [0.05, 0.1) is 34.0 Å². The van der Waals surface area contributed by atoms with Gasteiger partial charge in [-0.05, 0) is 60.7 Å². The van der Waals surface area contributed by atoms with E-state index in [9.17, 15) is 0 Å². The number of hydrogen-bond donors (Lipinski definition) is 0. The van der Waals surface area contributed by atoms with Gasteiger partial charge in [0, 0.05) is 37.4 Å². The van der Waals surface area contributed by atoms with Gasteiger partial charge in [-0.2, -0.15) is 0 Å². The van der Waals surface area contributed by atoms with Crippen LogP contribution in [0.1, 0.15) is 11.9 Å². The van der Waals surface area contributed by atoms with E-state index in [0.717, 1.165) is 44.8 Å². The maximum absolute atomic E-state index is 5.34. The zero-order chi connectivity index (χ0) is 26.9. The quantitative estimate of drug-likeness (QED) is 0.224. The van der Waals surface area contributed by atoms with Gasteiger partial charge in [0.15, 0.2) is 6.17 Å². The molecule has 0 spiro atoms. The number of anilines is 1. The molecule has 0 saturated carbocycles. The minimum atomic E-state index is -0.238. The normalized spacial score (nSPS) is 18.1. The van der Waals surface area contributed by atoms with Crippen molar-refractivity contribution in [1.82, 2.24) is 14.5 Å². The molecule has 2 unspecified atom stereocenters. The summed E-state index contributed by atoms with van der Waals surface area (Å²) in [5.41, 5.74) is 6.28. The Hall–Kier alpha value is -5.07. The van der Waals surface area contributed by atoms with E-state index < -0.39 is 0 Å². The smallest absolute Gasteiger partial charge is 0.165 e. The minimum absolute atomic E-state index is 0.0760. The van der Waals surface area contributed by atoms with Gasteiger partial charge >= 0.3 is 0 Å². The zero-order valence-electron chi connectivity index (χ0n) is 21.9. The molecule has 0 saturated heterocycles. The number of benzene rings is 3. The SMILES string of the molecule is C1=CC2=NC(c3cccc(-n4c5cccnc5c5ccc6sc7ccccc7c6c54)n3)N(c3ccccc3)C2C=C1. The fourth-order valence-corrected chi connectivity index (χ4v) is 7.52. The number of allylic oxidation sites excluding steroid dienone is 2. The number of rotatable bonds is 3. The fraction of sp³-hybridized carbons (Fsp3) is 0.0571. The Morgan fingerprint density at radius 1 is 0.732 bits per heavy atom. The summed E-state index contributed by atoms with van der Waals surface area (Å²) in [6, 6.07) is 34.2. The molecule has 41 heavy (non-hydrogen) atoms. The maximum atomic E-state index is 5.34. The van der Waals surface area contributed by atoms with Gasteiger partial charge in [-0.25, -0.2) is 4.98 Å². The number of fused-ring (bicyclic) bond motifs is 8. The van der Waals surface area contributed by atoms with Gasteiger partial charge in [0.1, 0.15) is 5.82 Å². The largest absolute Gasteiger partial charge is 0.332 e. The highest BCUT2D eigenvalue weighted by Gasteiger charge is 2.36. The third kappa shape index (κ3) is 3.31. The third-order valence-corrected chi connectivity index (χ3v) is 9.27. The topological polar surface area (TPSA) is 46.3 Å². The predicted octanol–water partition coefficient (Wildman–Crippen LogP) is 8.40. The average molecular weight is 546 g/mol. The Morgan fingerprint density at radius 2 is 1.63 bits per heavy atom. The Kier molecular flexibility index (Phi) is 4.83. The van der Waals surface area contributed by atoms with E-state index in [-0.39, 0.29) is 12.2 Å². The van der Waals surface area contributed by atoms with Crippen LogP contribution >= 0.6 is 11.3 Å². The zero-order valence-corrected chi connectivity index (χ0v) is 22.7. The molecule has 0 bridgehead atoms. The first-order chi connectivity index (χ1) is 20.3. The highest BCUT2D eigenvalue weighted by Crippen LogP contribution is 2.43. The molecule has 5 nitrogen and oxygen atoms in total. The first-order valence-electron chi connectivity index (χ1n) is 13.8. The van der Waals surface area contributed by atoms with Crippen LogP contribution in [0.15, 0.2) is 133 Å². The molecule has 7 aromatic rings. The molecular weight excluding hydrogens is 522 g/mol. The van der Waals surface area contributed by atoms with Crippen LogP contribution in [0, 0.1) is 0 Å². The molecule has 0 fully saturated rings. The molecule has 194 valence electrons. The molecule has 1 aliphatic heterocycles. The summed E-state index contributed by atoms with van der Waals surface area (Å²) in [6.07, 6.45) is 10.1. The van der Waals surface area contributed by atoms with E-state index in [2.05, 4.69) is 125 Å². The summed E-state index contributed by atoms with van der Waals surface area (Å²) >= 11 is 1.83. The molecule has 6 heteroatoms. The lowest BCUT2D eigenvalue weighted by atomic mass is 10.1. The summed E-state index contributed by atoms with van der Waals surface area (Å²) in [5.74, 6) is 0.868. The second kappa shape index (κ2) is 8.71. The number of aromatic nitrogens is 3. The summed E-state index contributed by atoms with van der Waals surface area (Å²) in [5, 5.41) is 3.65. The standard InChI is InChI=1S/C35H23N5S/c1-2-10-22(11-3-1)39-27-15-6-5-13-25(27)38-35(39)26-14-8-18-31(37-26)40-28-16-9-21-36-33(28)24-19-20-30-32(34(24)40)23-12-4-7-17-29(23)41-30/h1-21,27,35H. The van der Waals surface area contributed by atoms with Crippen LogP contribution in [0.4, 0.5) is 5.69 Å². The van der Waals surface area contributed by atoms with Crippen molar-refractivity contribution >= 4 is 64.8 Å². The fourth-order valence-electron chi connectivity index (χ4n) is 6.41. The van der Waals surface area contributed by atoms with Gasteiger partial charge in [-0.15, -0.1) is 11.3 Å². The number of nitrogens with zero attached hydrogens (tertiary/aromatic N) is 5. The van der Waals surface area contributed by atoms with Crippen LogP contribution in [0.25, 0.3) is 47.9 Å². The molecule has 5 heterocycles. The van der Waals surface area contributed by atoms with E-state index in [4.69, 9.17) is 15.0 Å². The molecule has 0 amide bonds. The molecule has 9 rings (SSSR count). The highest BCUT2D eigenvalue weighted by molar-refractivity contribution is 7.26. The Balaban J connectivity index is 1.30. The Morgan fingerprint density at radius 3 is 2.59 bits per heavy atom. The Labute approximate surface area is 240 Å². The van der Waals surface area contributed by atoms with Crippen LogP contribution in [0.2, 0.25) is 0 Å². The highest BCUT2D eigenvalue weighted by atomic mass is 32.1. The lowest BCUT2D eigenvalue weighted by Gasteiger charge is -2.30. The van der Waals surface area contributed by atoms with Crippen LogP contribution in [-0.4, -0.2) is 26.3 Å². The van der Waals surface area contributed by atoms with E-state index in [1.54, 1.807) is 0 Å². The summed E-state index contributed by atoms with van der Waals surface area (Å²) in [6.45, 7) is 0. The van der Waals surface area contributed by atoms with E-state index in [1.807, 2.05) is 23.6 Å². The van der Waals surface area contributed by atoms with Crippen molar-refractivity contribution < 1.29 is 0 Å². The molecule has 2 atom stereocenters. The first-order valence-corrected chi connectivity index (χ1v) is 14.6. The van der Waals surface area contributed by atoms with E-state index in [0.29, 0.717) is 0 Å². The second-order valence-corrected chi connectivity index (χ2v) is 11.5. The Bertz CT molecular complexity index is 2240. The molecule has 2 aliphatic rings. The average Bonchev–Trinajstić information content (AvgIpc) is 3.71. The first kappa shape index (κ1) is 22.7. The summed E-state index contributed by atoms with van der Waals surface area (Å²) in [7, 11) is 0. The van der Waals surface area contributed by atoms with Crippen LogP contribution < -0.4 is 4.90 Å². The molecule has 1 aliphatic carbocycles. The molecule has 3 aromatic carbocycles. The minimum Gasteiger partial charge on any atom is -0.332 e. The van der Waals surface area contributed by atoms with Crippen molar-refractivity contribution in [3.05, 3.63) is 133 Å². The van der Waals surface area contributed by atoms with Crippen molar-refractivity contribution in [3.8, 4) is 5.82 Å². The van der Waals surface area contributed by atoms with Gasteiger partial charge in [0.25, 0.3) is 0 Å². The molecule has 4 aromatic heterocycles. The van der Waals surface area contributed by atoms with E-state index >= 15 is 0 Å². The van der Waals surface area contributed by atoms with Gasteiger partial charge in [0.2, 0.25) is 0 Å². The van der Waals surface area contributed by atoms with Crippen molar-refractivity contribution in [3.63, 3.8) is 0 Å². The van der Waals surface area contributed by atoms with Crippen LogP contribution in [0.3, 0.4) is 0 Å². The number of aliphatic imine (C=N–C) groups is 1. The number of pyridine rings is 2. The number of hydrogen-bond acceptors (Lipinski definition) is 5. The summed E-state index contributed by atoms with van der Waals surface area (Å²) in [4.78, 5) is 17.7. The van der Waals surface area contributed by atoms with E-state index in [1.165, 1.54) is 20.2 Å². The van der Waals surface area contributed by atoms with Crippen LogP contribution in [-0.2, 0) is 0 Å². The van der Waals surface area contributed by atoms with Crippen molar-refractivity contribution in [2.45, 2.75) is 12.2 Å². The van der Waals surface area contributed by atoms with Gasteiger partial charge < -0.3 is 4.90 Å². The number of para-hydroxylation sites is 1. The lowest BCUT2D eigenvalue weighted by molar-refractivity contribution is 0.673. The molecule has 0 N–H and O–H groups in total. The van der Waals surface area contributed by atoms with Crippen molar-refractivity contribution in [1.29, 1.82) is 0 Å². The molecular formula is C35H23N5S. The monoisotopic (exact) mass is 545 g/mol. The van der Waals surface area contributed by atoms with Crippen molar-refractivity contribution in [2.75, 3.05) is 4.90 Å². The predicted molar refractivity (Wildman–Crippen MR) is 170 cm³/mol. The van der Waals surface area contributed by atoms with Gasteiger partial charge in [-0.1, -0.05) is 60.7 Å². The van der Waals surface area contributed by atoms with Gasteiger partial charge in [-0.3, -0.25) is 14.5 Å². The molecule has 0 radical (unpaired) electrons. The van der Waals surface area contributed by atoms with Crippen LogP contribution in [0.5, 0.6) is 0 Å². The summed E-state index contributed by atoms with van der Waals surface area (Å²) < 4.78 is 4.84. The maximum Gasteiger partial charge on any atom is 0.165 e. The third-order valence-electron chi connectivity index (χ3n) is 8.14. The lowest BCUT2D eigenvalue weighted by Crippen LogP contribution is -2.36. The number of thiophene rings is 1.